The van der Waals surface area contributed by atoms with Crippen LogP contribution >= 0.6 is 27.7 Å². The minimum absolute atomic E-state index is 0.0442. The number of hydrogen-bond donors (Lipinski definition) is 1. The third-order valence-electron chi connectivity index (χ3n) is 4.43. The van der Waals surface area contributed by atoms with E-state index < -0.39 is 0 Å². The summed E-state index contributed by atoms with van der Waals surface area (Å²) in [5.41, 5.74) is 2.52. The molecule has 26 heavy (non-hydrogen) atoms. The average Bonchev–Trinajstić information content (AvgIpc) is 3.30. The first-order valence-corrected chi connectivity index (χ1v) is 10.4. The lowest BCUT2D eigenvalue weighted by Crippen LogP contribution is -2.33. The first kappa shape index (κ1) is 17.5. The normalized spacial score (nSPS) is 14.8. The van der Waals surface area contributed by atoms with Crippen LogP contribution in [0.15, 0.2) is 46.0 Å². The molecule has 3 aromatic rings. The minimum atomic E-state index is 0.0442. The Hall–Kier alpha value is -1.93. The third kappa shape index (κ3) is 3.91. The second kappa shape index (κ2) is 7.75. The van der Waals surface area contributed by atoms with Crippen molar-refractivity contribution in [3.63, 3.8) is 0 Å². The van der Waals surface area contributed by atoms with Crippen LogP contribution in [0.1, 0.15) is 25.7 Å². The van der Waals surface area contributed by atoms with Crippen molar-refractivity contribution in [3.8, 4) is 11.3 Å². The van der Waals surface area contributed by atoms with E-state index in [0.29, 0.717) is 22.6 Å². The van der Waals surface area contributed by atoms with Crippen LogP contribution < -0.4 is 5.32 Å². The number of amides is 1. The second-order valence-electron chi connectivity index (χ2n) is 6.32. The van der Waals surface area contributed by atoms with Gasteiger partial charge in [0.1, 0.15) is 0 Å². The number of hydrogen-bond acceptors (Lipinski definition) is 5. The van der Waals surface area contributed by atoms with Crippen LogP contribution in [0.3, 0.4) is 0 Å². The molecule has 0 unspecified atom stereocenters. The Kier molecular flexibility index (Phi) is 5.21. The van der Waals surface area contributed by atoms with E-state index in [4.69, 9.17) is 0 Å². The maximum Gasteiger partial charge on any atom is 0.230 e. The Morgan fingerprint density at radius 3 is 2.69 bits per heavy atom. The molecule has 1 amide bonds. The molecule has 1 saturated carbocycles. The first-order valence-electron chi connectivity index (χ1n) is 8.59. The summed E-state index contributed by atoms with van der Waals surface area (Å²) < 4.78 is 2.72. The van der Waals surface area contributed by atoms with Crippen LogP contribution in [0.2, 0.25) is 0 Å². The number of rotatable bonds is 5. The molecule has 134 valence electrons. The van der Waals surface area contributed by atoms with Gasteiger partial charge in [0.05, 0.1) is 11.4 Å². The smallest absolute Gasteiger partial charge is 0.230 e. The van der Waals surface area contributed by atoms with Crippen molar-refractivity contribution in [2.45, 2.75) is 36.9 Å². The molecular formula is C18H18BrN5OS. The van der Waals surface area contributed by atoms with Crippen molar-refractivity contribution in [2.24, 2.45) is 0 Å². The monoisotopic (exact) mass is 431 g/mol. The fourth-order valence-corrected chi connectivity index (χ4v) is 4.07. The molecule has 2 aromatic heterocycles. The molecule has 6 nitrogen and oxygen atoms in total. The van der Waals surface area contributed by atoms with E-state index in [-0.39, 0.29) is 5.91 Å². The molecule has 0 spiro atoms. The van der Waals surface area contributed by atoms with Crippen LogP contribution in [-0.4, -0.2) is 37.5 Å². The van der Waals surface area contributed by atoms with E-state index in [1.807, 2.05) is 36.4 Å². The van der Waals surface area contributed by atoms with Gasteiger partial charge >= 0.3 is 0 Å². The summed E-state index contributed by atoms with van der Waals surface area (Å²) in [5.74, 6) is 0.365. The molecule has 0 radical (unpaired) electrons. The van der Waals surface area contributed by atoms with Crippen molar-refractivity contribution >= 4 is 39.2 Å². The van der Waals surface area contributed by atoms with E-state index in [1.54, 1.807) is 4.52 Å². The first-order chi connectivity index (χ1) is 12.7. The Morgan fingerprint density at radius 1 is 1.15 bits per heavy atom. The van der Waals surface area contributed by atoms with E-state index in [2.05, 4.69) is 36.5 Å². The van der Waals surface area contributed by atoms with E-state index in [0.717, 1.165) is 28.6 Å². The van der Waals surface area contributed by atoms with Gasteiger partial charge in [-0.05, 0) is 37.1 Å². The number of nitrogens with zero attached hydrogens (tertiary/aromatic N) is 4. The fraction of sp³-hybridized carbons (Fsp3) is 0.333. The number of nitrogens with one attached hydrogen (secondary N) is 1. The maximum absolute atomic E-state index is 12.1. The largest absolute Gasteiger partial charge is 0.353 e. The highest BCUT2D eigenvalue weighted by atomic mass is 79.9. The van der Waals surface area contributed by atoms with Crippen LogP contribution in [0.4, 0.5) is 0 Å². The molecule has 1 fully saturated rings. The summed E-state index contributed by atoms with van der Waals surface area (Å²) >= 11 is 4.80. The van der Waals surface area contributed by atoms with Crippen LogP contribution in [0.25, 0.3) is 16.9 Å². The van der Waals surface area contributed by atoms with E-state index in [1.165, 1.54) is 24.6 Å². The summed E-state index contributed by atoms with van der Waals surface area (Å²) in [6.07, 6.45) is 4.58. The lowest BCUT2D eigenvalue weighted by Gasteiger charge is -2.11. The zero-order valence-corrected chi connectivity index (χ0v) is 16.5. The van der Waals surface area contributed by atoms with Gasteiger partial charge in [-0.2, -0.15) is 9.61 Å². The number of halogens is 1. The topological polar surface area (TPSA) is 72.2 Å². The third-order valence-corrected chi connectivity index (χ3v) is 5.87. The standard InChI is InChI=1S/C18H18BrN5OS/c19-13-7-5-12(6-8-13)15-9-10-16-21-22-18(24(16)23-15)26-11-17(25)20-14-3-1-2-4-14/h5-10,14H,1-4,11H2,(H,20,25). The highest BCUT2D eigenvalue weighted by Crippen LogP contribution is 2.23. The van der Waals surface area contributed by atoms with Gasteiger partial charge in [0.2, 0.25) is 11.1 Å². The van der Waals surface area contributed by atoms with Crippen molar-refractivity contribution in [1.82, 2.24) is 25.1 Å². The minimum Gasteiger partial charge on any atom is -0.353 e. The molecule has 4 rings (SSSR count). The Bertz CT molecular complexity index is 921. The molecule has 0 atom stereocenters. The number of carbonyl (C=O) groups is 1. The summed E-state index contributed by atoms with van der Waals surface area (Å²) in [5, 5.41) is 16.7. The number of thioether (sulfide) groups is 1. The molecule has 1 N–H and O–H groups in total. The fourth-order valence-electron chi connectivity index (χ4n) is 3.10. The van der Waals surface area contributed by atoms with Gasteiger partial charge in [-0.25, -0.2) is 0 Å². The van der Waals surface area contributed by atoms with Crippen molar-refractivity contribution < 1.29 is 4.79 Å². The molecular weight excluding hydrogens is 414 g/mol. The highest BCUT2D eigenvalue weighted by Gasteiger charge is 2.18. The molecule has 2 heterocycles. The van der Waals surface area contributed by atoms with Gasteiger partial charge in [-0.1, -0.05) is 52.7 Å². The van der Waals surface area contributed by atoms with Crippen molar-refractivity contribution in [3.05, 3.63) is 40.9 Å². The molecule has 1 aliphatic rings. The van der Waals surface area contributed by atoms with Gasteiger partial charge in [0, 0.05) is 16.1 Å². The zero-order valence-electron chi connectivity index (χ0n) is 14.1. The predicted octanol–water partition coefficient (Wildman–Crippen LogP) is 3.70. The number of benzene rings is 1. The second-order valence-corrected chi connectivity index (χ2v) is 8.17. The Labute approximate surface area is 163 Å². The Balaban J connectivity index is 1.49. The highest BCUT2D eigenvalue weighted by molar-refractivity contribution is 9.10. The summed E-state index contributed by atoms with van der Waals surface area (Å²) in [4.78, 5) is 12.1. The van der Waals surface area contributed by atoms with Gasteiger partial charge < -0.3 is 5.32 Å². The summed E-state index contributed by atoms with van der Waals surface area (Å²) in [7, 11) is 0. The van der Waals surface area contributed by atoms with Gasteiger partial charge in [0.15, 0.2) is 5.65 Å². The molecule has 1 aromatic carbocycles. The number of carbonyl (C=O) groups excluding carboxylic acids is 1. The zero-order chi connectivity index (χ0) is 17.9. The van der Waals surface area contributed by atoms with Gasteiger partial charge in [-0.3, -0.25) is 4.79 Å². The quantitative estimate of drug-likeness (QED) is 0.623. The van der Waals surface area contributed by atoms with Crippen molar-refractivity contribution in [2.75, 3.05) is 5.75 Å². The van der Waals surface area contributed by atoms with Gasteiger partial charge in [0.25, 0.3) is 0 Å². The predicted molar refractivity (Wildman–Crippen MR) is 105 cm³/mol. The van der Waals surface area contributed by atoms with E-state index in [9.17, 15) is 4.79 Å². The number of fused-ring (bicyclic) bond motifs is 1. The Morgan fingerprint density at radius 2 is 1.92 bits per heavy atom. The molecule has 0 saturated heterocycles. The van der Waals surface area contributed by atoms with Crippen LogP contribution in [-0.2, 0) is 4.79 Å². The number of aromatic nitrogens is 4. The molecule has 0 bridgehead atoms. The summed E-state index contributed by atoms with van der Waals surface area (Å²) in [6.45, 7) is 0. The molecule has 1 aliphatic carbocycles. The summed E-state index contributed by atoms with van der Waals surface area (Å²) in [6, 6.07) is 12.1. The van der Waals surface area contributed by atoms with Crippen molar-refractivity contribution in [1.29, 1.82) is 0 Å². The van der Waals surface area contributed by atoms with Crippen LogP contribution in [0, 0.1) is 0 Å². The SMILES string of the molecule is O=C(CSc1nnc2ccc(-c3ccc(Br)cc3)nn12)NC1CCCC1. The molecule has 0 aliphatic heterocycles. The molecule has 8 heteroatoms. The lowest BCUT2D eigenvalue weighted by molar-refractivity contribution is -0.119. The van der Waals surface area contributed by atoms with E-state index >= 15 is 0 Å². The van der Waals surface area contributed by atoms with Gasteiger partial charge in [-0.15, -0.1) is 10.2 Å². The van der Waals surface area contributed by atoms with Crippen LogP contribution in [0.5, 0.6) is 0 Å². The lowest BCUT2D eigenvalue weighted by atomic mass is 10.1. The maximum atomic E-state index is 12.1. The average molecular weight is 432 g/mol.